The van der Waals surface area contributed by atoms with E-state index >= 15 is 0 Å². The first kappa shape index (κ1) is 21.5. The Labute approximate surface area is 184 Å². The summed E-state index contributed by atoms with van der Waals surface area (Å²) < 4.78 is 7.83. The molecule has 0 spiro atoms. The van der Waals surface area contributed by atoms with Crippen molar-refractivity contribution in [2.45, 2.75) is 58.7 Å². The summed E-state index contributed by atoms with van der Waals surface area (Å²) in [5.74, 6) is 1.60. The summed E-state index contributed by atoms with van der Waals surface area (Å²) in [6.07, 6.45) is 3.55. The van der Waals surface area contributed by atoms with E-state index in [-0.39, 0.29) is 6.10 Å². The maximum Gasteiger partial charge on any atom is 0.209 e. The van der Waals surface area contributed by atoms with E-state index in [0.717, 1.165) is 69.4 Å². The quantitative estimate of drug-likeness (QED) is 0.726. The van der Waals surface area contributed by atoms with Gasteiger partial charge in [0.25, 0.3) is 0 Å². The normalized spacial score (nSPS) is 21.5. The minimum Gasteiger partial charge on any atom is -0.376 e. The SMILES string of the molecule is Cc1ccc(Cl)cc1N1CC[NH+]([C@@H](CC(C)C)c2nnnn2C[C@H]2CCCO2)CC1. The highest BCUT2D eigenvalue weighted by Crippen LogP contribution is 2.25. The topological polar surface area (TPSA) is 60.5 Å². The van der Waals surface area contributed by atoms with Crippen molar-refractivity contribution in [2.75, 3.05) is 37.7 Å². The molecule has 0 amide bonds. The van der Waals surface area contributed by atoms with Crippen molar-refractivity contribution < 1.29 is 9.64 Å². The summed E-state index contributed by atoms with van der Waals surface area (Å²) in [6, 6.07) is 6.48. The third-order valence-electron chi connectivity index (χ3n) is 6.39. The molecule has 164 valence electrons. The molecule has 3 heterocycles. The van der Waals surface area contributed by atoms with Gasteiger partial charge in [-0.2, -0.15) is 0 Å². The number of quaternary nitrogens is 1. The fourth-order valence-corrected chi connectivity index (χ4v) is 4.97. The van der Waals surface area contributed by atoms with Crippen molar-refractivity contribution >= 4 is 17.3 Å². The average molecular weight is 434 g/mol. The molecule has 2 aromatic rings. The first-order valence-electron chi connectivity index (χ1n) is 11.2. The molecule has 2 aliphatic rings. The van der Waals surface area contributed by atoms with Crippen LogP contribution in [0.25, 0.3) is 0 Å². The first-order chi connectivity index (χ1) is 14.5. The molecular weight excluding hydrogens is 400 g/mol. The Morgan fingerprint density at radius 2 is 2.07 bits per heavy atom. The summed E-state index contributed by atoms with van der Waals surface area (Å²) in [7, 11) is 0. The zero-order valence-electron chi connectivity index (χ0n) is 18.4. The number of benzene rings is 1. The summed E-state index contributed by atoms with van der Waals surface area (Å²) in [6.45, 7) is 12.5. The number of rotatable bonds is 7. The summed E-state index contributed by atoms with van der Waals surface area (Å²) in [4.78, 5) is 4.04. The van der Waals surface area contributed by atoms with Gasteiger partial charge in [0.2, 0.25) is 5.82 Å². The fourth-order valence-electron chi connectivity index (χ4n) is 4.80. The number of aryl methyl sites for hydroxylation is 1. The zero-order chi connectivity index (χ0) is 21.1. The molecule has 2 saturated heterocycles. The lowest BCUT2D eigenvalue weighted by Gasteiger charge is -2.38. The van der Waals surface area contributed by atoms with Gasteiger partial charge in [-0.3, -0.25) is 0 Å². The molecule has 30 heavy (non-hydrogen) atoms. The van der Waals surface area contributed by atoms with E-state index in [2.05, 4.69) is 53.3 Å². The first-order valence-corrected chi connectivity index (χ1v) is 11.6. The Hall–Kier alpha value is -1.70. The predicted octanol–water partition coefficient (Wildman–Crippen LogP) is 2.31. The third-order valence-corrected chi connectivity index (χ3v) is 6.62. The van der Waals surface area contributed by atoms with E-state index in [1.807, 2.05) is 10.7 Å². The van der Waals surface area contributed by atoms with Crippen molar-refractivity contribution in [3.05, 3.63) is 34.6 Å². The van der Waals surface area contributed by atoms with Crippen molar-refractivity contribution in [3.8, 4) is 0 Å². The molecule has 4 rings (SSSR count). The van der Waals surface area contributed by atoms with Crippen molar-refractivity contribution in [2.24, 2.45) is 5.92 Å². The largest absolute Gasteiger partial charge is 0.376 e. The van der Waals surface area contributed by atoms with Crippen LogP contribution in [0, 0.1) is 12.8 Å². The van der Waals surface area contributed by atoms with Crippen LogP contribution in [-0.2, 0) is 11.3 Å². The summed E-state index contributed by atoms with van der Waals surface area (Å²) >= 11 is 6.26. The van der Waals surface area contributed by atoms with Crippen molar-refractivity contribution in [1.29, 1.82) is 0 Å². The number of tetrazole rings is 1. The van der Waals surface area contributed by atoms with E-state index in [1.54, 1.807) is 4.90 Å². The standard InChI is InChI=1S/C22H33ClN6O/c1-16(2)13-21(22-24-25-26-29(22)15-19-5-4-12-30-19)28-10-8-27(9-11-28)20-14-18(23)7-6-17(20)3/h6-7,14,16,19,21H,4-5,8-13,15H2,1-3H3/p+1/t19-,21+/m1/s1. The summed E-state index contributed by atoms with van der Waals surface area (Å²) in [5, 5.41) is 13.7. The number of hydrogen-bond acceptors (Lipinski definition) is 5. The number of ether oxygens (including phenoxy) is 1. The molecule has 1 aromatic heterocycles. The van der Waals surface area contributed by atoms with E-state index in [1.165, 1.54) is 11.3 Å². The van der Waals surface area contributed by atoms with Gasteiger partial charge in [-0.1, -0.05) is 31.5 Å². The van der Waals surface area contributed by atoms with Gasteiger partial charge in [-0.15, -0.1) is 5.10 Å². The highest BCUT2D eigenvalue weighted by Gasteiger charge is 2.34. The second-order valence-corrected chi connectivity index (χ2v) is 9.55. The maximum atomic E-state index is 6.26. The number of anilines is 1. The van der Waals surface area contributed by atoms with Crippen LogP contribution in [0.5, 0.6) is 0 Å². The van der Waals surface area contributed by atoms with Gasteiger partial charge in [-0.25, -0.2) is 4.68 Å². The second kappa shape index (κ2) is 9.62. The average Bonchev–Trinajstić information content (AvgIpc) is 3.41. The molecule has 1 N–H and O–H groups in total. The molecule has 2 atom stereocenters. The molecule has 2 aliphatic heterocycles. The number of piperazine rings is 1. The predicted molar refractivity (Wildman–Crippen MR) is 118 cm³/mol. The van der Waals surface area contributed by atoms with Crippen LogP contribution in [0.3, 0.4) is 0 Å². The molecule has 7 nitrogen and oxygen atoms in total. The van der Waals surface area contributed by atoms with Crippen LogP contribution < -0.4 is 9.80 Å². The van der Waals surface area contributed by atoms with Crippen LogP contribution in [0.15, 0.2) is 18.2 Å². The van der Waals surface area contributed by atoms with E-state index in [0.29, 0.717) is 12.0 Å². The molecule has 2 fully saturated rings. The zero-order valence-corrected chi connectivity index (χ0v) is 19.1. The lowest BCUT2D eigenvalue weighted by molar-refractivity contribution is -0.934. The van der Waals surface area contributed by atoms with Gasteiger partial charge < -0.3 is 14.5 Å². The molecular formula is C22H34ClN6O+. The number of nitrogens with one attached hydrogen (secondary N) is 1. The monoisotopic (exact) mass is 433 g/mol. The molecule has 0 radical (unpaired) electrons. The lowest BCUT2D eigenvalue weighted by Crippen LogP contribution is -3.15. The third kappa shape index (κ3) is 4.95. The van der Waals surface area contributed by atoms with Crippen LogP contribution in [0.1, 0.15) is 50.5 Å². The summed E-state index contributed by atoms with van der Waals surface area (Å²) in [5.41, 5.74) is 2.53. The molecule has 8 heteroatoms. The number of aromatic nitrogens is 4. The van der Waals surface area contributed by atoms with Crippen molar-refractivity contribution in [1.82, 2.24) is 20.2 Å². The highest BCUT2D eigenvalue weighted by molar-refractivity contribution is 6.30. The Kier molecular flexibility index (Phi) is 6.91. The Bertz CT molecular complexity index is 827. The Balaban J connectivity index is 1.48. The van der Waals surface area contributed by atoms with Crippen LogP contribution in [0.2, 0.25) is 5.02 Å². The second-order valence-electron chi connectivity index (χ2n) is 9.11. The van der Waals surface area contributed by atoms with Gasteiger partial charge in [0.15, 0.2) is 0 Å². The maximum absolute atomic E-state index is 6.26. The van der Waals surface area contributed by atoms with Gasteiger partial charge in [0.05, 0.1) is 38.8 Å². The van der Waals surface area contributed by atoms with E-state index in [4.69, 9.17) is 16.3 Å². The van der Waals surface area contributed by atoms with Gasteiger partial charge in [-0.05, 0) is 53.8 Å². The number of halogens is 1. The van der Waals surface area contributed by atoms with Crippen molar-refractivity contribution in [3.63, 3.8) is 0 Å². The molecule has 0 saturated carbocycles. The van der Waals surface area contributed by atoms with Gasteiger partial charge in [0, 0.05) is 23.7 Å². The molecule has 0 aliphatic carbocycles. The minimum atomic E-state index is 0.240. The highest BCUT2D eigenvalue weighted by atomic mass is 35.5. The van der Waals surface area contributed by atoms with Crippen LogP contribution >= 0.6 is 11.6 Å². The van der Waals surface area contributed by atoms with Gasteiger partial charge >= 0.3 is 0 Å². The number of nitrogens with zero attached hydrogens (tertiary/aromatic N) is 5. The van der Waals surface area contributed by atoms with Gasteiger partial charge in [0.1, 0.15) is 6.04 Å². The Morgan fingerprint density at radius 3 is 2.77 bits per heavy atom. The fraction of sp³-hybridized carbons (Fsp3) is 0.682. The molecule has 0 unspecified atom stereocenters. The van der Waals surface area contributed by atoms with Crippen LogP contribution in [0.4, 0.5) is 5.69 Å². The van der Waals surface area contributed by atoms with Crippen LogP contribution in [-0.4, -0.2) is 59.1 Å². The molecule has 1 aromatic carbocycles. The minimum absolute atomic E-state index is 0.240. The van der Waals surface area contributed by atoms with E-state index in [9.17, 15) is 0 Å². The number of hydrogen-bond donors (Lipinski definition) is 1. The lowest BCUT2D eigenvalue weighted by atomic mass is 10.0. The smallest absolute Gasteiger partial charge is 0.209 e. The van der Waals surface area contributed by atoms with E-state index < -0.39 is 0 Å². The Morgan fingerprint density at radius 1 is 1.27 bits per heavy atom. The molecule has 0 bridgehead atoms.